The topological polar surface area (TPSA) is 79.3 Å². The monoisotopic (exact) mass is 415 g/mol. The Morgan fingerprint density at radius 3 is 2.50 bits per heavy atom. The Kier molecular flexibility index (Phi) is 6.87. The number of benzene rings is 1. The number of hydrogen-bond acceptors (Lipinski definition) is 4. The van der Waals surface area contributed by atoms with Gasteiger partial charge in [0.25, 0.3) is 0 Å². The molecule has 0 bridgehead atoms. The van der Waals surface area contributed by atoms with E-state index in [-0.39, 0.29) is 23.5 Å². The highest BCUT2D eigenvalue weighted by Crippen LogP contribution is 2.20. The van der Waals surface area contributed by atoms with Gasteiger partial charge in [0.05, 0.1) is 23.6 Å². The number of amides is 2. The van der Waals surface area contributed by atoms with Gasteiger partial charge in [0.2, 0.25) is 11.8 Å². The Labute approximate surface area is 176 Å². The number of hydrogen-bond donors (Lipinski definition) is 2. The number of carbonyl (C=O) groups is 2. The van der Waals surface area contributed by atoms with Crippen LogP contribution in [0.2, 0.25) is 0 Å². The number of halogens is 1. The van der Waals surface area contributed by atoms with Crippen LogP contribution in [0.4, 0.5) is 10.1 Å². The van der Waals surface area contributed by atoms with Crippen LogP contribution in [0.1, 0.15) is 35.4 Å². The first-order valence-corrected chi connectivity index (χ1v) is 10.3. The lowest BCUT2D eigenvalue weighted by atomic mass is 9.95. The van der Waals surface area contributed by atoms with Crippen LogP contribution in [0.25, 0.3) is 0 Å². The smallest absolute Gasteiger partial charge is 0.238 e. The molecule has 0 radical (unpaired) electrons. The molecule has 30 heavy (non-hydrogen) atoms. The summed E-state index contributed by atoms with van der Waals surface area (Å²) in [6.07, 6.45) is 1.40. The fraction of sp³-hybridized carbons (Fsp3) is 0.500. The molecule has 2 aromatic rings. The molecule has 2 amide bonds. The van der Waals surface area contributed by atoms with E-state index in [1.807, 2.05) is 27.0 Å². The van der Waals surface area contributed by atoms with Gasteiger partial charge >= 0.3 is 0 Å². The number of anilines is 1. The largest absolute Gasteiger partial charge is 0.352 e. The molecule has 1 aromatic carbocycles. The number of aryl methyl sites for hydroxylation is 3. The van der Waals surface area contributed by atoms with Crippen LogP contribution in [0.5, 0.6) is 0 Å². The van der Waals surface area contributed by atoms with E-state index in [2.05, 4.69) is 20.6 Å². The SMILES string of the molecule is Cc1ccc(CNC(=O)C2CCN(CC(=O)Nc3c(C)nn(C)c3C)CC2)cc1F. The third-order valence-corrected chi connectivity index (χ3v) is 5.80. The zero-order valence-corrected chi connectivity index (χ0v) is 18.1. The number of nitrogens with zero attached hydrogens (tertiary/aromatic N) is 3. The lowest BCUT2D eigenvalue weighted by molar-refractivity contribution is -0.126. The lowest BCUT2D eigenvalue weighted by Crippen LogP contribution is -2.43. The standard InChI is InChI=1S/C22H30FN5O2/c1-14-5-6-17(11-19(14)23)12-24-22(30)18-7-9-28(10-8-18)13-20(29)25-21-15(2)26-27(4)16(21)3/h5-6,11,18H,7-10,12-13H2,1-4H3,(H,24,30)(H,25,29). The van der Waals surface area contributed by atoms with Crippen molar-refractivity contribution < 1.29 is 14.0 Å². The first-order chi connectivity index (χ1) is 14.2. The summed E-state index contributed by atoms with van der Waals surface area (Å²) in [4.78, 5) is 26.9. The number of nitrogens with one attached hydrogen (secondary N) is 2. The summed E-state index contributed by atoms with van der Waals surface area (Å²) in [6.45, 7) is 7.51. The molecule has 2 N–H and O–H groups in total. The molecule has 1 aromatic heterocycles. The maximum Gasteiger partial charge on any atom is 0.238 e. The van der Waals surface area contributed by atoms with Gasteiger partial charge in [-0.25, -0.2) is 4.39 Å². The summed E-state index contributed by atoms with van der Waals surface area (Å²) in [6, 6.07) is 5.00. The quantitative estimate of drug-likeness (QED) is 0.760. The van der Waals surface area contributed by atoms with Gasteiger partial charge in [-0.1, -0.05) is 12.1 Å². The van der Waals surface area contributed by atoms with E-state index in [4.69, 9.17) is 0 Å². The third kappa shape index (κ3) is 5.24. The number of piperidine rings is 1. The summed E-state index contributed by atoms with van der Waals surface area (Å²) in [5.41, 5.74) is 3.83. The number of carbonyl (C=O) groups excluding carboxylic acids is 2. The first kappa shape index (κ1) is 22.0. The molecule has 1 saturated heterocycles. The zero-order valence-electron chi connectivity index (χ0n) is 18.1. The number of rotatable bonds is 6. The highest BCUT2D eigenvalue weighted by Gasteiger charge is 2.26. The predicted molar refractivity (Wildman–Crippen MR) is 113 cm³/mol. The van der Waals surface area contributed by atoms with Crippen molar-refractivity contribution in [2.75, 3.05) is 25.0 Å². The molecule has 2 heterocycles. The summed E-state index contributed by atoms with van der Waals surface area (Å²) >= 11 is 0. The van der Waals surface area contributed by atoms with Crippen molar-refractivity contribution in [3.63, 3.8) is 0 Å². The van der Waals surface area contributed by atoms with Crippen LogP contribution in [-0.2, 0) is 23.2 Å². The zero-order chi connectivity index (χ0) is 21.8. The van der Waals surface area contributed by atoms with Crippen molar-refractivity contribution >= 4 is 17.5 Å². The van der Waals surface area contributed by atoms with Gasteiger partial charge in [0.1, 0.15) is 5.82 Å². The van der Waals surface area contributed by atoms with Crippen molar-refractivity contribution in [2.24, 2.45) is 13.0 Å². The molecule has 1 aliphatic rings. The van der Waals surface area contributed by atoms with Gasteiger partial charge in [-0.05, 0) is 63.9 Å². The second-order valence-corrected chi connectivity index (χ2v) is 8.07. The Balaban J connectivity index is 1.43. The van der Waals surface area contributed by atoms with Crippen LogP contribution in [0, 0.1) is 32.5 Å². The summed E-state index contributed by atoms with van der Waals surface area (Å²) in [5.74, 6) is -0.424. The maximum atomic E-state index is 13.6. The summed E-state index contributed by atoms with van der Waals surface area (Å²) in [5, 5.41) is 10.2. The van der Waals surface area contributed by atoms with E-state index < -0.39 is 0 Å². The van der Waals surface area contributed by atoms with Crippen molar-refractivity contribution in [2.45, 2.75) is 40.2 Å². The highest BCUT2D eigenvalue weighted by atomic mass is 19.1. The van der Waals surface area contributed by atoms with Gasteiger partial charge in [-0.2, -0.15) is 5.10 Å². The number of aromatic nitrogens is 2. The van der Waals surface area contributed by atoms with E-state index in [1.54, 1.807) is 17.7 Å². The van der Waals surface area contributed by atoms with E-state index in [9.17, 15) is 14.0 Å². The normalized spacial score (nSPS) is 15.2. The van der Waals surface area contributed by atoms with Gasteiger partial charge in [0, 0.05) is 19.5 Å². The van der Waals surface area contributed by atoms with E-state index >= 15 is 0 Å². The molecular weight excluding hydrogens is 385 g/mol. The maximum absolute atomic E-state index is 13.6. The molecule has 0 unspecified atom stereocenters. The van der Waals surface area contributed by atoms with Crippen LogP contribution >= 0.6 is 0 Å². The Morgan fingerprint density at radius 2 is 1.90 bits per heavy atom. The van der Waals surface area contributed by atoms with E-state index in [1.165, 1.54) is 6.07 Å². The number of likely N-dealkylation sites (tertiary alicyclic amines) is 1. The summed E-state index contributed by atoms with van der Waals surface area (Å²) < 4.78 is 15.4. The molecular formula is C22H30FN5O2. The molecule has 3 rings (SSSR count). The molecule has 0 atom stereocenters. The van der Waals surface area contributed by atoms with Crippen LogP contribution < -0.4 is 10.6 Å². The average Bonchev–Trinajstić information content (AvgIpc) is 2.95. The highest BCUT2D eigenvalue weighted by molar-refractivity contribution is 5.93. The van der Waals surface area contributed by atoms with E-state index in [0.717, 1.165) is 22.6 Å². The second-order valence-electron chi connectivity index (χ2n) is 8.07. The van der Waals surface area contributed by atoms with Crippen molar-refractivity contribution in [3.8, 4) is 0 Å². The Morgan fingerprint density at radius 1 is 1.20 bits per heavy atom. The average molecular weight is 416 g/mol. The van der Waals surface area contributed by atoms with Crippen molar-refractivity contribution in [1.29, 1.82) is 0 Å². The molecule has 1 fully saturated rings. The molecule has 0 aliphatic carbocycles. The predicted octanol–water partition coefficient (Wildman–Crippen LogP) is 2.45. The van der Waals surface area contributed by atoms with Gasteiger partial charge < -0.3 is 10.6 Å². The molecule has 8 heteroatoms. The minimum atomic E-state index is -0.259. The lowest BCUT2D eigenvalue weighted by Gasteiger charge is -2.30. The molecule has 0 saturated carbocycles. The van der Waals surface area contributed by atoms with Crippen LogP contribution in [0.15, 0.2) is 18.2 Å². The Bertz CT molecular complexity index is 932. The van der Waals surface area contributed by atoms with Gasteiger partial charge in [-0.3, -0.25) is 19.2 Å². The van der Waals surface area contributed by atoms with Gasteiger partial charge in [0.15, 0.2) is 0 Å². The van der Waals surface area contributed by atoms with E-state index in [0.29, 0.717) is 44.6 Å². The second kappa shape index (κ2) is 9.38. The van der Waals surface area contributed by atoms with Crippen molar-refractivity contribution in [3.05, 3.63) is 46.5 Å². The van der Waals surface area contributed by atoms with Gasteiger partial charge in [-0.15, -0.1) is 0 Å². The molecule has 1 aliphatic heterocycles. The minimum absolute atomic E-state index is 0.0123. The third-order valence-electron chi connectivity index (χ3n) is 5.80. The minimum Gasteiger partial charge on any atom is -0.352 e. The fourth-order valence-corrected chi connectivity index (χ4v) is 3.77. The van der Waals surface area contributed by atoms with Crippen LogP contribution in [0.3, 0.4) is 0 Å². The summed E-state index contributed by atoms with van der Waals surface area (Å²) in [7, 11) is 1.85. The van der Waals surface area contributed by atoms with Crippen LogP contribution in [-0.4, -0.2) is 46.1 Å². The van der Waals surface area contributed by atoms with Crippen molar-refractivity contribution in [1.82, 2.24) is 20.0 Å². The fourth-order valence-electron chi connectivity index (χ4n) is 3.77. The Hall–Kier alpha value is -2.74. The molecule has 162 valence electrons. The molecule has 7 nitrogen and oxygen atoms in total. The molecule has 0 spiro atoms. The first-order valence-electron chi connectivity index (χ1n) is 10.3.